The van der Waals surface area contributed by atoms with Crippen LogP contribution in [0.2, 0.25) is 0 Å². The fourth-order valence-electron chi connectivity index (χ4n) is 2.38. The standard InChI is InChI=1S/C16H25N/c1-12-10-14(12)17-15(11-16(2,3)4)13-8-6-5-7-9-13/h5-9,12,14-15,17H,10-11H2,1-4H3. The molecule has 1 nitrogen and oxygen atoms in total. The van der Waals surface area contributed by atoms with Gasteiger partial charge >= 0.3 is 0 Å². The van der Waals surface area contributed by atoms with Crippen LogP contribution in [-0.4, -0.2) is 6.04 Å². The van der Waals surface area contributed by atoms with Crippen LogP contribution < -0.4 is 5.32 Å². The van der Waals surface area contributed by atoms with Gasteiger partial charge in [0.1, 0.15) is 0 Å². The van der Waals surface area contributed by atoms with Crippen molar-refractivity contribution in [1.82, 2.24) is 5.32 Å². The summed E-state index contributed by atoms with van der Waals surface area (Å²) in [4.78, 5) is 0. The topological polar surface area (TPSA) is 12.0 Å². The van der Waals surface area contributed by atoms with Crippen molar-refractivity contribution < 1.29 is 0 Å². The van der Waals surface area contributed by atoms with Crippen LogP contribution in [0.5, 0.6) is 0 Å². The lowest BCUT2D eigenvalue weighted by atomic mass is 9.85. The van der Waals surface area contributed by atoms with Crippen molar-refractivity contribution in [3.8, 4) is 0 Å². The molecule has 0 saturated heterocycles. The average Bonchev–Trinajstić information content (AvgIpc) is 2.93. The molecule has 0 amide bonds. The fraction of sp³-hybridized carbons (Fsp3) is 0.625. The van der Waals surface area contributed by atoms with Crippen molar-refractivity contribution in [2.24, 2.45) is 11.3 Å². The van der Waals surface area contributed by atoms with E-state index in [-0.39, 0.29) is 0 Å². The third-order valence-electron chi connectivity index (χ3n) is 3.54. The Labute approximate surface area is 106 Å². The van der Waals surface area contributed by atoms with E-state index in [1.54, 1.807) is 0 Å². The Morgan fingerprint density at radius 1 is 1.24 bits per heavy atom. The summed E-state index contributed by atoms with van der Waals surface area (Å²) < 4.78 is 0. The summed E-state index contributed by atoms with van der Waals surface area (Å²) in [6.07, 6.45) is 2.54. The third kappa shape index (κ3) is 3.85. The Morgan fingerprint density at radius 3 is 2.29 bits per heavy atom. The summed E-state index contributed by atoms with van der Waals surface area (Å²) in [7, 11) is 0. The Kier molecular flexibility index (Phi) is 3.58. The summed E-state index contributed by atoms with van der Waals surface area (Å²) in [6.45, 7) is 9.29. The van der Waals surface area contributed by atoms with Crippen LogP contribution in [-0.2, 0) is 0 Å². The molecule has 1 aliphatic carbocycles. The van der Waals surface area contributed by atoms with Gasteiger partial charge in [-0.2, -0.15) is 0 Å². The number of rotatable bonds is 4. The molecule has 0 spiro atoms. The summed E-state index contributed by atoms with van der Waals surface area (Å²) in [5, 5.41) is 3.81. The number of hydrogen-bond donors (Lipinski definition) is 1. The molecular formula is C16H25N. The molecule has 1 saturated carbocycles. The first kappa shape index (κ1) is 12.6. The molecule has 1 aliphatic rings. The van der Waals surface area contributed by atoms with Crippen LogP contribution in [0.3, 0.4) is 0 Å². The third-order valence-corrected chi connectivity index (χ3v) is 3.54. The molecule has 3 atom stereocenters. The predicted octanol–water partition coefficient (Wildman–Crippen LogP) is 4.16. The molecule has 0 heterocycles. The maximum Gasteiger partial charge on any atom is 0.0327 e. The minimum Gasteiger partial charge on any atom is -0.307 e. The first-order valence-electron chi connectivity index (χ1n) is 6.77. The number of nitrogens with one attached hydrogen (secondary N) is 1. The van der Waals surface area contributed by atoms with E-state index in [9.17, 15) is 0 Å². The smallest absolute Gasteiger partial charge is 0.0327 e. The van der Waals surface area contributed by atoms with Crippen molar-refractivity contribution in [3.05, 3.63) is 35.9 Å². The van der Waals surface area contributed by atoms with E-state index in [0.29, 0.717) is 11.5 Å². The molecule has 3 unspecified atom stereocenters. The average molecular weight is 231 g/mol. The van der Waals surface area contributed by atoms with Gasteiger partial charge in [0.2, 0.25) is 0 Å². The van der Waals surface area contributed by atoms with Crippen LogP contribution >= 0.6 is 0 Å². The molecule has 0 bridgehead atoms. The molecule has 94 valence electrons. The van der Waals surface area contributed by atoms with Gasteiger partial charge in [-0.1, -0.05) is 58.0 Å². The molecule has 1 fully saturated rings. The van der Waals surface area contributed by atoms with Crippen molar-refractivity contribution in [3.63, 3.8) is 0 Å². The van der Waals surface area contributed by atoms with Gasteiger partial charge in [0, 0.05) is 12.1 Å². The highest BCUT2D eigenvalue weighted by Gasteiger charge is 2.35. The van der Waals surface area contributed by atoms with Crippen LogP contribution in [0.25, 0.3) is 0 Å². The van der Waals surface area contributed by atoms with Gasteiger partial charge in [-0.05, 0) is 29.7 Å². The largest absolute Gasteiger partial charge is 0.307 e. The predicted molar refractivity (Wildman–Crippen MR) is 74.0 cm³/mol. The zero-order valence-electron chi connectivity index (χ0n) is 11.5. The maximum absolute atomic E-state index is 3.81. The quantitative estimate of drug-likeness (QED) is 0.820. The van der Waals surface area contributed by atoms with Crippen molar-refractivity contribution in [1.29, 1.82) is 0 Å². The minimum atomic E-state index is 0.367. The highest BCUT2D eigenvalue weighted by Crippen LogP contribution is 2.35. The number of benzene rings is 1. The van der Waals surface area contributed by atoms with Gasteiger partial charge in [-0.3, -0.25) is 0 Å². The lowest BCUT2D eigenvalue weighted by Gasteiger charge is -2.27. The zero-order valence-corrected chi connectivity index (χ0v) is 11.5. The van der Waals surface area contributed by atoms with E-state index in [1.807, 2.05) is 0 Å². The molecule has 1 aromatic rings. The second kappa shape index (κ2) is 4.81. The molecular weight excluding hydrogens is 206 g/mol. The van der Waals surface area contributed by atoms with Gasteiger partial charge in [0.25, 0.3) is 0 Å². The Morgan fingerprint density at radius 2 is 1.82 bits per heavy atom. The molecule has 17 heavy (non-hydrogen) atoms. The van der Waals surface area contributed by atoms with Crippen LogP contribution in [0.4, 0.5) is 0 Å². The summed E-state index contributed by atoms with van der Waals surface area (Å²) in [5.41, 5.74) is 1.80. The van der Waals surface area contributed by atoms with Crippen LogP contribution in [0.1, 0.15) is 52.1 Å². The summed E-state index contributed by atoms with van der Waals surface area (Å²) >= 11 is 0. The van der Waals surface area contributed by atoms with Crippen LogP contribution in [0, 0.1) is 11.3 Å². The second-order valence-electron chi connectivity index (χ2n) is 6.71. The molecule has 1 heteroatoms. The maximum atomic E-state index is 3.81. The van der Waals surface area contributed by atoms with E-state index < -0.39 is 0 Å². The Bertz CT molecular complexity index is 350. The van der Waals surface area contributed by atoms with E-state index in [2.05, 4.69) is 63.3 Å². The van der Waals surface area contributed by atoms with Gasteiger partial charge in [-0.25, -0.2) is 0 Å². The first-order valence-corrected chi connectivity index (χ1v) is 6.77. The fourth-order valence-corrected chi connectivity index (χ4v) is 2.38. The van der Waals surface area contributed by atoms with Gasteiger partial charge in [0.05, 0.1) is 0 Å². The highest BCUT2D eigenvalue weighted by atomic mass is 15.0. The monoisotopic (exact) mass is 231 g/mol. The zero-order chi connectivity index (χ0) is 12.5. The minimum absolute atomic E-state index is 0.367. The van der Waals surface area contributed by atoms with E-state index in [1.165, 1.54) is 18.4 Å². The van der Waals surface area contributed by atoms with Crippen molar-refractivity contribution in [2.75, 3.05) is 0 Å². The summed E-state index contributed by atoms with van der Waals surface area (Å²) in [5.74, 6) is 0.862. The number of hydrogen-bond acceptors (Lipinski definition) is 1. The Hall–Kier alpha value is -0.820. The molecule has 0 aliphatic heterocycles. The van der Waals surface area contributed by atoms with Gasteiger partial charge in [-0.15, -0.1) is 0 Å². The molecule has 2 rings (SSSR count). The Balaban J connectivity index is 2.07. The highest BCUT2D eigenvalue weighted by molar-refractivity contribution is 5.20. The van der Waals surface area contributed by atoms with Gasteiger partial charge in [0.15, 0.2) is 0 Å². The normalized spacial score (nSPS) is 25.6. The molecule has 0 aromatic heterocycles. The molecule has 0 radical (unpaired) electrons. The first-order chi connectivity index (χ1) is 7.96. The lowest BCUT2D eigenvalue weighted by Crippen LogP contribution is -2.28. The lowest BCUT2D eigenvalue weighted by molar-refractivity contribution is 0.308. The van der Waals surface area contributed by atoms with Crippen LogP contribution in [0.15, 0.2) is 30.3 Å². The van der Waals surface area contributed by atoms with Gasteiger partial charge < -0.3 is 5.32 Å². The van der Waals surface area contributed by atoms with Crippen molar-refractivity contribution in [2.45, 2.75) is 52.6 Å². The van der Waals surface area contributed by atoms with E-state index in [0.717, 1.165) is 12.0 Å². The van der Waals surface area contributed by atoms with E-state index in [4.69, 9.17) is 0 Å². The summed E-state index contributed by atoms with van der Waals surface area (Å²) in [6, 6.07) is 12.1. The molecule has 1 aromatic carbocycles. The van der Waals surface area contributed by atoms with E-state index >= 15 is 0 Å². The van der Waals surface area contributed by atoms with Crippen molar-refractivity contribution >= 4 is 0 Å². The SMILES string of the molecule is CC1CC1NC(CC(C)(C)C)c1ccccc1. The second-order valence-corrected chi connectivity index (χ2v) is 6.71. The molecule has 1 N–H and O–H groups in total.